The van der Waals surface area contributed by atoms with Crippen LogP contribution in [0.3, 0.4) is 0 Å². The van der Waals surface area contributed by atoms with E-state index in [1.807, 2.05) is 41.1 Å². The number of carbonyl (C=O) groups excluding carboxylic acids is 1. The quantitative estimate of drug-likeness (QED) is 0.493. The van der Waals surface area contributed by atoms with Gasteiger partial charge in [-0.2, -0.15) is 0 Å². The van der Waals surface area contributed by atoms with Crippen LogP contribution in [0.15, 0.2) is 45.6 Å². The van der Waals surface area contributed by atoms with Gasteiger partial charge in [-0.05, 0) is 52.2 Å². The molecule has 0 spiro atoms. The summed E-state index contributed by atoms with van der Waals surface area (Å²) in [4.78, 5) is 17.9. The first-order valence-electron chi connectivity index (χ1n) is 5.89. The van der Waals surface area contributed by atoms with Gasteiger partial charge in [0.05, 0.1) is 16.1 Å². The highest BCUT2D eigenvalue weighted by Crippen LogP contribution is 2.28. The summed E-state index contributed by atoms with van der Waals surface area (Å²) in [5.74, 6) is -0.146. The predicted molar refractivity (Wildman–Crippen MR) is 100 cm³/mol. The molecule has 0 saturated heterocycles. The lowest BCUT2D eigenvalue weighted by atomic mass is 10.2. The number of hydrogen-bond donors (Lipinski definition) is 1. The van der Waals surface area contributed by atoms with E-state index in [9.17, 15) is 4.79 Å². The molecule has 0 aliphatic carbocycles. The molecule has 3 aromatic rings. The maximum Gasteiger partial charge on any atom is 0.258 e. The summed E-state index contributed by atoms with van der Waals surface area (Å²) in [6, 6.07) is 9.63. The Morgan fingerprint density at radius 2 is 2.14 bits per heavy atom. The Labute approximate surface area is 151 Å². The lowest BCUT2D eigenvalue weighted by Crippen LogP contribution is -2.13. The van der Waals surface area contributed by atoms with Gasteiger partial charge in [0.2, 0.25) is 0 Å². The Morgan fingerprint density at radius 1 is 1.29 bits per heavy atom. The fraction of sp³-hybridized carbons (Fsp3) is 0. The van der Waals surface area contributed by atoms with Crippen LogP contribution in [0.4, 0.5) is 5.13 Å². The summed E-state index contributed by atoms with van der Waals surface area (Å²) >= 11 is 8.60. The van der Waals surface area contributed by atoms with Crippen LogP contribution in [0.25, 0.3) is 10.6 Å². The first-order valence-corrected chi connectivity index (χ1v) is 9.52. The van der Waals surface area contributed by atoms with Gasteiger partial charge < -0.3 is 0 Å². The van der Waals surface area contributed by atoms with Crippen molar-refractivity contribution < 1.29 is 4.79 Å². The van der Waals surface area contributed by atoms with E-state index in [1.54, 1.807) is 11.3 Å². The van der Waals surface area contributed by atoms with Crippen molar-refractivity contribution in [2.75, 3.05) is 5.32 Å². The summed E-state index contributed by atoms with van der Waals surface area (Å²) in [7, 11) is 0. The van der Waals surface area contributed by atoms with E-state index in [-0.39, 0.29) is 5.91 Å². The minimum atomic E-state index is -0.146. The number of anilines is 1. The summed E-state index contributed by atoms with van der Waals surface area (Å²) < 4.78 is 1.79. The molecule has 0 fully saturated rings. The van der Waals surface area contributed by atoms with Gasteiger partial charge in [-0.15, -0.1) is 22.7 Å². The molecule has 0 saturated carbocycles. The second-order valence-corrected chi connectivity index (χ2v) is 7.98. The highest BCUT2D eigenvalue weighted by Gasteiger charge is 2.13. The molecule has 0 aliphatic rings. The minimum absolute atomic E-state index is 0.146. The molecule has 0 aliphatic heterocycles. The Hall–Kier alpha value is -0.770. The third-order valence-electron chi connectivity index (χ3n) is 2.67. The number of halogens is 2. The third kappa shape index (κ3) is 3.53. The first-order chi connectivity index (χ1) is 10.1. The number of nitrogens with zero attached hydrogens (tertiary/aromatic N) is 1. The number of aromatic nitrogens is 1. The van der Waals surface area contributed by atoms with Crippen LogP contribution < -0.4 is 5.32 Å². The number of amides is 1. The Kier molecular flexibility index (Phi) is 4.72. The highest BCUT2D eigenvalue weighted by atomic mass is 127. The van der Waals surface area contributed by atoms with Crippen LogP contribution in [0.2, 0.25) is 0 Å². The predicted octanol–water partition coefficient (Wildman–Crippen LogP) is 5.49. The van der Waals surface area contributed by atoms with Crippen LogP contribution in [0.5, 0.6) is 0 Å². The molecule has 106 valence electrons. The maximum absolute atomic E-state index is 12.3. The SMILES string of the molecule is O=C(Nc1nc(-c2cccs2)cs1)c1cc(Br)ccc1I. The lowest BCUT2D eigenvalue weighted by Gasteiger charge is -2.04. The van der Waals surface area contributed by atoms with E-state index >= 15 is 0 Å². The zero-order chi connectivity index (χ0) is 14.8. The van der Waals surface area contributed by atoms with Gasteiger partial charge in [0.1, 0.15) is 0 Å². The van der Waals surface area contributed by atoms with Crippen molar-refractivity contribution in [3.8, 4) is 10.6 Å². The van der Waals surface area contributed by atoms with E-state index < -0.39 is 0 Å². The molecule has 0 bridgehead atoms. The number of rotatable bonds is 3. The molecule has 1 amide bonds. The molecular weight excluding hydrogens is 483 g/mol. The molecule has 0 unspecified atom stereocenters. The van der Waals surface area contributed by atoms with Crippen LogP contribution in [-0.4, -0.2) is 10.9 Å². The van der Waals surface area contributed by atoms with Crippen molar-refractivity contribution in [2.45, 2.75) is 0 Å². The van der Waals surface area contributed by atoms with E-state index in [0.29, 0.717) is 10.7 Å². The Balaban J connectivity index is 1.80. The molecule has 21 heavy (non-hydrogen) atoms. The average molecular weight is 491 g/mol. The van der Waals surface area contributed by atoms with Crippen molar-refractivity contribution in [1.82, 2.24) is 4.98 Å². The van der Waals surface area contributed by atoms with E-state index in [4.69, 9.17) is 0 Å². The highest BCUT2D eigenvalue weighted by molar-refractivity contribution is 14.1. The third-order valence-corrected chi connectivity index (χ3v) is 5.76. The van der Waals surface area contributed by atoms with E-state index in [2.05, 4.69) is 48.8 Å². The normalized spacial score (nSPS) is 10.6. The van der Waals surface area contributed by atoms with Crippen LogP contribution >= 0.6 is 61.2 Å². The Bertz CT molecular complexity index is 786. The van der Waals surface area contributed by atoms with Gasteiger partial charge in [0.25, 0.3) is 5.91 Å². The van der Waals surface area contributed by atoms with Gasteiger partial charge in [-0.3, -0.25) is 10.1 Å². The number of carbonyl (C=O) groups is 1. The zero-order valence-corrected chi connectivity index (χ0v) is 15.8. The second kappa shape index (κ2) is 6.55. The molecule has 2 aromatic heterocycles. The summed E-state index contributed by atoms with van der Waals surface area (Å²) in [5, 5.41) is 7.43. The number of hydrogen-bond acceptors (Lipinski definition) is 4. The smallest absolute Gasteiger partial charge is 0.258 e. The van der Waals surface area contributed by atoms with Crippen LogP contribution in [0, 0.1) is 3.57 Å². The first kappa shape index (κ1) is 15.1. The molecule has 3 nitrogen and oxygen atoms in total. The van der Waals surface area contributed by atoms with Crippen LogP contribution in [0.1, 0.15) is 10.4 Å². The molecule has 0 radical (unpaired) electrons. The largest absolute Gasteiger partial charge is 0.298 e. The summed E-state index contributed by atoms with van der Waals surface area (Å²) in [5.41, 5.74) is 1.53. The van der Waals surface area contributed by atoms with Crippen LogP contribution in [-0.2, 0) is 0 Å². The van der Waals surface area contributed by atoms with Gasteiger partial charge in [-0.1, -0.05) is 22.0 Å². The molecule has 7 heteroatoms. The molecular formula is C14H8BrIN2OS2. The number of thiazole rings is 1. The topological polar surface area (TPSA) is 42.0 Å². The standard InChI is InChI=1S/C14H8BrIN2OS2/c15-8-3-4-10(16)9(6-8)13(19)18-14-17-11(7-21-14)12-2-1-5-20-12/h1-7H,(H,17,18,19). The summed E-state index contributed by atoms with van der Waals surface area (Å²) in [6.45, 7) is 0. The Morgan fingerprint density at radius 3 is 2.90 bits per heavy atom. The fourth-order valence-corrected chi connectivity index (χ4v) is 4.11. The average Bonchev–Trinajstić information content (AvgIpc) is 3.11. The summed E-state index contributed by atoms with van der Waals surface area (Å²) in [6.07, 6.45) is 0. The molecule has 0 atom stereocenters. The van der Waals surface area contributed by atoms with Crippen molar-refractivity contribution in [1.29, 1.82) is 0 Å². The number of thiophene rings is 1. The van der Waals surface area contributed by atoms with Gasteiger partial charge in [-0.25, -0.2) is 4.98 Å². The number of nitrogens with one attached hydrogen (secondary N) is 1. The lowest BCUT2D eigenvalue weighted by molar-refractivity contribution is 0.102. The number of benzene rings is 1. The van der Waals surface area contributed by atoms with Crippen molar-refractivity contribution in [2.24, 2.45) is 0 Å². The minimum Gasteiger partial charge on any atom is -0.298 e. The molecule has 3 rings (SSSR count). The van der Waals surface area contributed by atoms with Gasteiger partial charge in [0, 0.05) is 13.4 Å². The van der Waals surface area contributed by atoms with Crippen molar-refractivity contribution in [3.05, 3.63) is 54.7 Å². The van der Waals surface area contributed by atoms with Crippen molar-refractivity contribution >= 4 is 72.2 Å². The molecule has 1 N–H and O–H groups in total. The van der Waals surface area contributed by atoms with Crippen molar-refractivity contribution in [3.63, 3.8) is 0 Å². The fourth-order valence-electron chi connectivity index (χ4n) is 1.70. The molecule has 1 aromatic carbocycles. The van der Waals surface area contributed by atoms with E-state index in [0.717, 1.165) is 18.6 Å². The zero-order valence-electron chi connectivity index (χ0n) is 10.5. The van der Waals surface area contributed by atoms with Gasteiger partial charge in [0.15, 0.2) is 5.13 Å². The maximum atomic E-state index is 12.3. The monoisotopic (exact) mass is 490 g/mol. The second-order valence-electron chi connectivity index (χ2n) is 4.09. The molecule has 2 heterocycles. The van der Waals surface area contributed by atoms with Gasteiger partial charge >= 0.3 is 0 Å². The van der Waals surface area contributed by atoms with E-state index in [1.165, 1.54) is 11.3 Å².